The van der Waals surface area contributed by atoms with Crippen molar-refractivity contribution in [3.8, 4) is 11.5 Å². The molecular formula is C17H18O6. The van der Waals surface area contributed by atoms with Gasteiger partial charge in [-0.05, 0) is 25.1 Å². The molecule has 0 heterocycles. The summed E-state index contributed by atoms with van der Waals surface area (Å²) in [4.78, 5) is 35.9. The summed E-state index contributed by atoms with van der Waals surface area (Å²) < 4.78 is 15.9. The van der Waals surface area contributed by atoms with Crippen molar-refractivity contribution in [1.29, 1.82) is 0 Å². The molecule has 122 valence electrons. The number of rotatable bonds is 5. The number of allylic oxidation sites excluding steroid dienone is 2. The molecule has 1 aliphatic rings. The molecule has 0 spiro atoms. The number of esters is 1. The zero-order valence-electron chi connectivity index (χ0n) is 13.5. The van der Waals surface area contributed by atoms with Crippen LogP contribution in [0.4, 0.5) is 0 Å². The maximum Gasteiger partial charge on any atom is 0.306 e. The maximum atomic E-state index is 12.2. The van der Waals surface area contributed by atoms with E-state index in [1.165, 1.54) is 26.4 Å². The zero-order valence-corrected chi connectivity index (χ0v) is 13.5. The molecule has 0 aliphatic heterocycles. The van der Waals surface area contributed by atoms with Gasteiger partial charge in [-0.25, -0.2) is 0 Å². The first-order valence-corrected chi connectivity index (χ1v) is 7.19. The second-order valence-electron chi connectivity index (χ2n) is 5.00. The summed E-state index contributed by atoms with van der Waals surface area (Å²) in [5, 5.41) is 0. The van der Waals surface area contributed by atoms with Gasteiger partial charge < -0.3 is 14.2 Å². The van der Waals surface area contributed by atoms with Crippen molar-refractivity contribution >= 4 is 17.5 Å². The van der Waals surface area contributed by atoms with Crippen molar-refractivity contribution in [2.45, 2.75) is 26.4 Å². The van der Waals surface area contributed by atoms with Crippen LogP contribution in [-0.2, 0) is 9.53 Å². The monoisotopic (exact) mass is 318 g/mol. The van der Waals surface area contributed by atoms with Gasteiger partial charge in [-0.3, -0.25) is 14.4 Å². The Morgan fingerprint density at radius 2 is 1.70 bits per heavy atom. The molecule has 2 rings (SSSR count). The average Bonchev–Trinajstić information content (AvgIpc) is 2.56. The topological polar surface area (TPSA) is 78.9 Å². The first-order chi connectivity index (χ1) is 10.9. The van der Waals surface area contributed by atoms with Crippen LogP contribution in [0, 0.1) is 0 Å². The second kappa shape index (κ2) is 6.64. The fourth-order valence-electron chi connectivity index (χ4n) is 2.48. The van der Waals surface area contributed by atoms with E-state index in [4.69, 9.17) is 14.2 Å². The fraction of sp³-hybridized carbons (Fsp3) is 0.353. The number of carbonyl (C=O) groups excluding carboxylic acids is 3. The Bertz CT molecular complexity index is 702. The number of methoxy groups -OCH3 is 2. The van der Waals surface area contributed by atoms with Crippen molar-refractivity contribution in [2.75, 3.05) is 14.2 Å². The molecule has 1 aromatic rings. The standard InChI is InChI=1S/C17H18O6/c1-5-14(20)23-9(2)10-8-13(21-3)15-11(18)6-7-12(19)16(15)17(10)22-4/h6-9H,5H2,1-4H3. The Balaban J connectivity index is 2.66. The van der Waals surface area contributed by atoms with E-state index in [1.807, 2.05) is 0 Å². The number of fused-ring (bicyclic) bond motifs is 1. The first kappa shape index (κ1) is 16.7. The van der Waals surface area contributed by atoms with Gasteiger partial charge >= 0.3 is 5.97 Å². The van der Waals surface area contributed by atoms with Gasteiger partial charge in [-0.1, -0.05) is 6.92 Å². The summed E-state index contributed by atoms with van der Waals surface area (Å²) in [6.07, 6.45) is 1.98. The minimum absolute atomic E-state index is 0.133. The Kier molecular flexibility index (Phi) is 4.83. The first-order valence-electron chi connectivity index (χ1n) is 7.19. The highest BCUT2D eigenvalue weighted by Gasteiger charge is 2.31. The van der Waals surface area contributed by atoms with E-state index in [1.54, 1.807) is 19.9 Å². The van der Waals surface area contributed by atoms with E-state index < -0.39 is 6.10 Å². The van der Waals surface area contributed by atoms with Crippen molar-refractivity contribution in [1.82, 2.24) is 0 Å². The number of hydrogen-bond acceptors (Lipinski definition) is 6. The summed E-state index contributed by atoms with van der Waals surface area (Å²) in [6.45, 7) is 3.36. The van der Waals surface area contributed by atoms with Crippen LogP contribution in [0.25, 0.3) is 0 Å². The third-order valence-corrected chi connectivity index (χ3v) is 3.61. The zero-order chi connectivity index (χ0) is 17.1. The van der Waals surface area contributed by atoms with Crippen LogP contribution in [0.15, 0.2) is 18.2 Å². The summed E-state index contributed by atoms with van der Waals surface area (Å²) in [5.41, 5.74) is 0.768. The van der Waals surface area contributed by atoms with Crippen LogP contribution in [0.5, 0.6) is 11.5 Å². The smallest absolute Gasteiger partial charge is 0.306 e. The van der Waals surface area contributed by atoms with Gasteiger partial charge in [0.1, 0.15) is 17.6 Å². The lowest BCUT2D eigenvalue weighted by molar-refractivity contribution is -0.148. The van der Waals surface area contributed by atoms with Gasteiger partial charge in [0.25, 0.3) is 0 Å². The number of ketones is 2. The molecule has 0 radical (unpaired) electrons. The SMILES string of the molecule is CCC(=O)OC(C)c1cc(OC)c2c(c1OC)C(=O)C=CC2=O. The van der Waals surface area contributed by atoms with Crippen molar-refractivity contribution in [2.24, 2.45) is 0 Å². The molecule has 1 unspecified atom stereocenters. The van der Waals surface area contributed by atoms with Crippen molar-refractivity contribution in [3.63, 3.8) is 0 Å². The van der Waals surface area contributed by atoms with Gasteiger partial charge in [0.2, 0.25) is 0 Å². The minimum Gasteiger partial charge on any atom is -0.496 e. The molecule has 0 N–H and O–H groups in total. The van der Waals surface area contributed by atoms with E-state index >= 15 is 0 Å². The van der Waals surface area contributed by atoms with E-state index in [0.29, 0.717) is 5.56 Å². The lowest BCUT2D eigenvalue weighted by atomic mass is 9.89. The van der Waals surface area contributed by atoms with Crippen molar-refractivity contribution in [3.05, 3.63) is 34.9 Å². The highest BCUT2D eigenvalue weighted by Crippen LogP contribution is 2.40. The molecule has 23 heavy (non-hydrogen) atoms. The highest BCUT2D eigenvalue weighted by atomic mass is 16.5. The van der Waals surface area contributed by atoms with Gasteiger partial charge in [0.05, 0.1) is 25.3 Å². The average molecular weight is 318 g/mol. The lowest BCUT2D eigenvalue weighted by Crippen LogP contribution is -2.18. The van der Waals surface area contributed by atoms with Crippen LogP contribution < -0.4 is 9.47 Å². The molecule has 0 saturated carbocycles. The van der Waals surface area contributed by atoms with Gasteiger partial charge in [0, 0.05) is 12.0 Å². The number of carbonyl (C=O) groups is 3. The van der Waals surface area contributed by atoms with E-state index in [9.17, 15) is 14.4 Å². The third-order valence-electron chi connectivity index (χ3n) is 3.61. The van der Waals surface area contributed by atoms with Crippen LogP contribution in [0.3, 0.4) is 0 Å². The van der Waals surface area contributed by atoms with E-state index in [0.717, 1.165) is 0 Å². The van der Waals surface area contributed by atoms with E-state index in [2.05, 4.69) is 0 Å². The largest absolute Gasteiger partial charge is 0.496 e. The number of ether oxygens (including phenoxy) is 3. The summed E-state index contributed by atoms with van der Waals surface area (Å²) in [6, 6.07) is 1.57. The van der Waals surface area contributed by atoms with Crippen LogP contribution >= 0.6 is 0 Å². The Hall–Kier alpha value is -2.63. The molecule has 6 nitrogen and oxygen atoms in total. The molecule has 1 aliphatic carbocycles. The van der Waals surface area contributed by atoms with Crippen LogP contribution in [-0.4, -0.2) is 31.8 Å². The third kappa shape index (κ3) is 2.97. The molecule has 0 amide bonds. The molecule has 1 atom stereocenters. The Morgan fingerprint density at radius 1 is 1.09 bits per heavy atom. The Labute approximate surface area is 134 Å². The van der Waals surface area contributed by atoms with Gasteiger partial charge in [-0.15, -0.1) is 0 Å². The lowest BCUT2D eigenvalue weighted by Gasteiger charge is -2.23. The van der Waals surface area contributed by atoms with Gasteiger partial charge in [-0.2, -0.15) is 0 Å². The normalized spacial score (nSPS) is 14.3. The summed E-state index contributed by atoms with van der Waals surface area (Å²) >= 11 is 0. The fourth-order valence-corrected chi connectivity index (χ4v) is 2.48. The predicted molar refractivity (Wildman–Crippen MR) is 82.1 cm³/mol. The summed E-state index contributed by atoms with van der Waals surface area (Å²) in [7, 11) is 2.81. The van der Waals surface area contributed by atoms with Crippen LogP contribution in [0.1, 0.15) is 52.7 Å². The molecule has 0 saturated heterocycles. The highest BCUT2D eigenvalue weighted by molar-refractivity contribution is 6.24. The minimum atomic E-state index is -0.648. The van der Waals surface area contributed by atoms with Crippen LogP contribution in [0.2, 0.25) is 0 Å². The quantitative estimate of drug-likeness (QED) is 0.777. The molecule has 0 bridgehead atoms. The number of hydrogen-bond donors (Lipinski definition) is 0. The second-order valence-corrected chi connectivity index (χ2v) is 5.00. The van der Waals surface area contributed by atoms with E-state index in [-0.39, 0.29) is 46.6 Å². The van der Waals surface area contributed by atoms with Crippen molar-refractivity contribution < 1.29 is 28.6 Å². The molecule has 1 aromatic carbocycles. The molecule has 0 fully saturated rings. The Morgan fingerprint density at radius 3 is 2.22 bits per heavy atom. The number of benzene rings is 1. The predicted octanol–water partition coefficient (Wildman–Crippen LogP) is 2.65. The maximum absolute atomic E-state index is 12.2. The van der Waals surface area contributed by atoms with Gasteiger partial charge in [0.15, 0.2) is 11.6 Å². The molecule has 6 heteroatoms. The molecule has 0 aromatic heterocycles. The summed E-state index contributed by atoms with van der Waals surface area (Å²) in [5.74, 6) is -0.596. The molecular weight excluding hydrogens is 300 g/mol.